The summed E-state index contributed by atoms with van der Waals surface area (Å²) in [5, 5.41) is 2.74. The Morgan fingerprint density at radius 1 is 1.83 bits per heavy atom. The molecule has 0 aliphatic carbocycles. The molecule has 3 nitrogen and oxygen atoms in total. The van der Waals surface area contributed by atoms with Gasteiger partial charge in [0.25, 0.3) is 0 Å². The minimum absolute atomic E-state index is 0.745. The fourth-order valence-electron chi connectivity index (χ4n) is 0.0722. The minimum atomic E-state index is 0.745. The molecule has 0 unspecified atom stereocenters. The summed E-state index contributed by atoms with van der Waals surface area (Å²) in [4.78, 5) is 0. The Kier molecular flexibility index (Phi) is 3.12. The third kappa shape index (κ3) is 2.20. The molecule has 0 aliphatic rings. The first kappa shape index (κ1) is 5.95. The molecule has 0 fully saturated rings. The van der Waals surface area contributed by atoms with Crippen LogP contribution < -0.4 is 16.6 Å². The Morgan fingerprint density at radius 3 is 2.33 bits per heavy atom. The standard InChI is InChI=1S/C2H7N3Se/c1-4-2(6)5-3/h3H2,1H3,(H2,4,5,6). The molecule has 0 saturated carbocycles. The fraction of sp³-hybridized carbons (Fsp3) is 0.500. The van der Waals surface area contributed by atoms with E-state index in [1.54, 1.807) is 7.05 Å². The van der Waals surface area contributed by atoms with Crippen LogP contribution in [0.2, 0.25) is 0 Å². The molecule has 0 amide bonds. The third-order valence-electron chi connectivity index (χ3n) is 0.358. The molecule has 6 heavy (non-hydrogen) atoms. The van der Waals surface area contributed by atoms with Crippen molar-refractivity contribution in [3.63, 3.8) is 0 Å². The van der Waals surface area contributed by atoms with Crippen molar-refractivity contribution < 1.29 is 0 Å². The van der Waals surface area contributed by atoms with Crippen molar-refractivity contribution in [2.45, 2.75) is 0 Å². The third-order valence-corrected chi connectivity index (χ3v) is 1.03. The van der Waals surface area contributed by atoms with Gasteiger partial charge in [0.2, 0.25) is 0 Å². The molecule has 0 rings (SSSR count). The summed E-state index contributed by atoms with van der Waals surface area (Å²) >= 11 is 2.65. The van der Waals surface area contributed by atoms with Crippen LogP contribution in [0.15, 0.2) is 0 Å². The first-order valence-electron chi connectivity index (χ1n) is 1.49. The van der Waals surface area contributed by atoms with Gasteiger partial charge in [-0.3, -0.25) is 0 Å². The van der Waals surface area contributed by atoms with Gasteiger partial charge in [-0.15, -0.1) is 0 Å². The van der Waals surface area contributed by atoms with E-state index in [2.05, 4.69) is 26.3 Å². The van der Waals surface area contributed by atoms with Crippen molar-refractivity contribution in [1.29, 1.82) is 0 Å². The monoisotopic (exact) mass is 153 g/mol. The second-order valence-corrected chi connectivity index (χ2v) is 1.58. The van der Waals surface area contributed by atoms with Gasteiger partial charge in [0, 0.05) is 0 Å². The average molecular weight is 152 g/mol. The molecule has 0 spiro atoms. The van der Waals surface area contributed by atoms with E-state index in [0.717, 1.165) is 4.67 Å². The fourth-order valence-corrected chi connectivity index (χ4v) is 0.0722. The number of nitrogens with one attached hydrogen (secondary N) is 2. The van der Waals surface area contributed by atoms with Gasteiger partial charge in [-0.25, -0.2) is 0 Å². The zero-order chi connectivity index (χ0) is 4.99. The topological polar surface area (TPSA) is 50.1 Å². The number of nitrogens with two attached hydrogens (primary N) is 1. The van der Waals surface area contributed by atoms with Crippen LogP contribution in [0.4, 0.5) is 0 Å². The molecule has 4 N–H and O–H groups in total. The van der Waals surface area contributed by atoms with Crippen LogP contribution in [0.1, 0.15) is 0 Å². The van der Waals surface area contributed by atoms with Crippen LogP contribution in [-0.2, 0) is 0 Å². The quantitative estimate of drug-likeness (QED) is 0.242. The van der Waals surface area contributed by atoms with Gasteiger partial charge in [0.15, 0.2) is 0 Å². The number of hydrogen-bond donors (Lipinski definition) is 3. The zero-order valence-electron chi connectivity index (χ0n) is 3.49. The summed E-state index contributed by atoms with van der Waals surface area (Å²) in [6.45, 7) is 0. The molecule has 0 aromatic carbocycles. The van der Waals surface area contributed by atoms with Gasteiger partial charge in [-0.1, -0.05) is 0 Å². The Balaban J connectivity index is 2.99. The van der Waals surface area contributed by atoms with Crippen LogP contribution in [0.25, 0.3) is 0 Å². The summed E-state index contributed by atoms with van der Waals surface area (Å²) in [6, 6.07) is 0. The Labute approximate surface area is 44.6 Å². The Bertz CT molecular complexity index is 46.8. The van der Waals surface area contributed by atoms with Gasteiger partial charge in [-0.2, -0.15) is 0 Å². The number of hydrogen-bond acceptors (Lipinski definition) is 3. The van der Waals surface area contributed by atoms with E-state index in [9.17, 15) is 0 Å². The maximum atomic E-state index is 4.90. The van der Waals surface area contributed by atoms with Gasteiger partial charge in [0.1, 0.15) is 0 Å². The molecule has 0 heterocycles. The van der Waals surface area contributed by atoms with Gasteiger partial charge >= 0.3 is 43.9 Å². The van der Waals surface area contributed by atoms with E-state index in [0.29, 0.717) is 0 Å². The summed E-state index contributed by atoms with van der Waals surface area (Å²) in [6.07, 6.45) is 0. The SMILES string of the molecule is CNC(=[Se])NN. The predicted octanol–water partition coefficient (Wildman–Crippen LogP) is -2.07. The molecule has 0 aromatic heterocycles. The first-order valence-corrected chi connectivity index (χ1v) is 2.35. The Hall–Kier alpha value is -0.0505. The van der Waals surface area contributed by atoms with Crippen LogP contribution in [-0.4, -0.2) is 27.3 Å². The summed E-state index contributed by atoms with van der Waals surface area (Å²) in [7, 11) is 1.77. The van der Waals surface area contributed by atoms with Crippen molar-refractivity contribution in [1.82, 2.24) is 10.7 Å². The molecule has 0 atom stereocenters. The second kappa shape index (κ2) is 3.15. The molecule has 4 heteroatoms. The average Bonchev–Trinajstić information content (AvgIpc) is 1.65. The molecular weight excluding hydrogens is 145 g/mol. The van der Waals surface area contributed by atoms with Crippen LogP contribution in [0.5, 0.6) is 0 Å². The maximum absolute atomic E-state index is 4.90. The van der Waals surface area contributed by atoms with E-state index >= 15 is 0 Å². The summed E-state index contributed by atoms with van der Waals surface area (Å²) in [5.41, 5.74) is 2.36. The number of hydrazine groups is 1. The molecular formula is C2H7N3Se. The molecule has 0 radical (unpaired) electrons. The molecule has 0 saturated heterocycles. The number of rotatable bonds is 2. The Morgan fingerprint density at radius 2 is 2.33 bits per heavy atom. The van der Waals surface area contributed by atoms with Crippen molar-refractivity contribution in [3.8, 4) is 0 Å². The van der Waals surface area contributed by atoms with E-state index in [1.165, 1.54) is 0 Å². The summed E-state index contributed by atoms with van der Waals surface area (Å²) < 4.78 is 0.745. The van der Waals surface area contributed by atoms with Crippen molar-refractivity contribution in [2.24, 2.45) is 5.84 Å². The van der Waals surface area contributed by atoms with Crippen molar-refractivity contribution in [3.05, 3.63) is 0 Å². The predicted molar refractivity (Wildman–Crippen MR) is 27.1 cm³/mol. The molecule has 0 aliphatic heterocycles. The van der Waals surface area contributed by atoms with Gasteiger partial charge in [0.05, 0.1) is 0 Å². The van der Waals surface area contributed by atoms with Crippen molar-refractivity contribution >= 4 is 20.2 Å². The van der Waals surface area contributed by atoms with Crippen LogP contribution in [0.3, 0.4) is 0 Å². The van der Waals surface area contributed by atoms with Gasteiger partial charge in [-0.05, 0) is 0 Å². The van der Waals surface area contributed by atoms with Crippen molar-refractivity contribution in [2.75, 3.05) is 7.05 Å². The van der Waals surface area contributed by atoms with Gasteiger partial charge < -0.3 is 0 Å². The van der Waals surface area contributed by atoms with Crippen LogP contribution >= 0.6 is 0 Å². The van der Waals surface area contributed by atoms with Crippen LogP contribution in [0, 0.1) is 0 Å². The summed E-state index contributed by atoms with van der Waals surface area (Å²) in [5.74, 6) is 4.90. The molecule has 0 bridgehead atoms. The zero-order valence-corrected chi connectivity index (χ0v) is 5.20. The first-order chi connectivity index (χ1) is 2.81. The molecule has 0 aromatic rings. The molecule has 36 valence electrons. The second-order valence-electron chi connectivity index (χ2n) is 0.723. The van der Waals surface area contributed by atoms with E-state index < -0.39 is 0 Å². The van der Waals surface area contributed by atoms with E-state index in [1.807, 2.05) is 0 Å². The van der Waals surface area contributed by atoms with E-state index in [4.69, 9.17) is 5.84 Å². The van der Waals surface area contributed by atoms with E-state index in [-0.39, 0.29) is 0 Å². The normalized spacial score (nSPS) is 7.00.